The maximum Gasteiger partial charge on any atom is 0.0431 e. The summed E-state index contributed by atoms with van der Waals surface area (Å²) in [6.07, 6.45) is 7.44. The fraction of sp³-hybridized carbons (Fsp3) is 1.00. The molecule has 1 aliphatic heterocycles. The predicted molar refractivity (Wildman–Crippen MR) is 73.3 cm³/mol. The highest BCUT2D eigenvalue weighted by Gasteiger charge is 2.15. The van der Waals surface area contributed by atoms with Gasteiger partial charge in [0, 0.05) is 13.2 Å². The van der Waals surface area contributed by atoms with E-state index in [4.69, 9.17) is 5.11 Å². The van der Waals surface area contributed by atoms with Gasteiger partial charge < -0.3 is 15.3 Å². The molecule has 1 fully saturated rings. The number of nitrogens with zero attached hydrogens (tertiary/aromatic N) is 1. The van der Waals surface area contributed by atoms with E-state index in [1.165, 1.54) is 64.8 Å². The lowest BCUT2D eigenvalue weighted by Gasteiger charge is -2.29. The van der Waals surface area contributed by atoms with Gasteiger partial charge in [0.05, 0.1) is 0 Å². The number of piperidine rings is 1. The summed E-state index contributed by atoms with van der Waals surface area (Å²) < 4.78 is 0. The molecule has 3 heteroatoms. The zero-order chi connectivity index (χ0) is 12.3. The lowest BCUT2D eigenvalue weighted by atomic mass is 9.99. The maximum atomic E-state index is 8.72. The first-order valence-corrected chi connectivity index (χ1v) is 7.40. The number of nitrogens with one attached hydrogen (secondary N) is 1. The van der Waals surface area contributed by atoms with Crippen LogP contribution in [0, 0.1) is 5.92 Å². The van der Waals surface area contributed by atoms with Crippen molar-refractivity contribution in [1.29, 1.82) is 0 Å². The number of hydrogen-bond acceptors (Lipinski definition) is 3. The Balaban J connectivity index is 2.05. The molecular weight excluding hydrogens is 212 g/mol. The SMILES string of the molecule is CCN(CCCCCCO)CC1CCCNC1. The minimum Gasteiger partial charge on any atom is -0.396 e. The summed E-state index contributed by atoms with van der Waals surface area (Å²) in [6, 6.07) is 0. The molecule has 1 saturated heterocycles. The first-order chi connectivity index (χ1) is 8.36. The van der Waals surface area contributed by atoms with Crippen LogP contribution in [0.1, 0.15) is 45.4 Å². The summed E-state index contributed by atoms with van der Waals surface area (Å²) in [4.78, 5) is 2.59. The van der Waals surface area contributed by atoms with Crippen LogP contribution in [0.25, 0.3) is 0 Å². The number of aliphatic hydroxyl groups excluding tert-OH is 1. The molecule has 3 nitrogen and oxygen atoms in total. The van der Waals surface area contributed by atoms with Gasteiger partial charge in [0.2, 0.25) is 0 Å². The Hall–Kier alpha value is -0.120. The summed E-state index contributed by atoms with van der Waals surface area (Å²) in [7, 11) is 0. The lowest BCUT2D eigenvalue weighted by molar-refractivity contribution is 0.211. The van der Waals surface area contributed by atoms with Gasteiger partial charge in [0.1, 0.15) is 0 Å². The summed E-state index contributed by atoms with van der Waals surface area (Å²) >= 11 is 0. The molecule has 1 aliphatic rings. The molecule has 1 rings (SSSR count). The van der Waals surface area contributed by atoms with Gasteiger partial charge in [-0.25, -0.2) is 0 Å². The van der Waals surface area contributed by atoms with E-state index in [2.05, 4.69) is 17.1 Å². The largest absolute Gasteiger partial charge is 0.396 e. The van der Waals surface area contributed by atoms with Crippen LogP contribution in [0.5, 0.6) is 0 Å². The van der Waals surface area contributed by atoms with E-state index in [9.17, 15) is 0 Å². The molecule has 0 saturated carbocycles. The normalized spacial score (nSPS) is 21.0. The molecule has 0 aromatic heterocycles. The molecule has 0 amide bonds. The molecular formula is C14H30N2O. The summed E-state index contributed by atoms with van der Waals surface area (Å²) in [5.74, 6) is 0.862. The molecule has 0 aromatic carbocycles. The summed E-state index contributed by atoms with van der Waals surface area (Å²) in [6.45, 7) is 8.72. The van der Waals surface area contributed by atoms with E-state index in [1.54, 1.807) is 0 Å². The molecule has 1 unspecified atom stereocenters. The molecule has 0 radical (unpaired) electrons. The predicted octanol–water partition coefficient (Wildman–Crippen LogP) is 1.86. The van der Waals surface area contributed by atoms with Crippen molar-refractivity contribution in [3.8, 4) is 0 Å². The highest BCUT2D eigenvalue weighted by molar-refractivity contribution is 4.72. The third-order valence-corrected chi connectivity index (χ3v) is 3.75. The lowest BCUT2D eigenvalue weighted by Crippen LogP contribution is -2.38. The molecule has 2 N–H and O–H groups in total. The Labute approximate surface area is 107 Å². The first kappa shape index (κ1) is 14.9. The molecule has 102 valence electrons. The fourth-order valence-corrected chi connectivity index (χ4v) is 2.62. The minimum absolute atomic E-state index is 0.352. The highest BCUT2D eigenvalue weighted by atomic mass is 16.2. The Kier molecular flexibility index (Phi) is 8.67. The Morgan fingerprint density at radius 2 is 2.06 bits per heavy atom. The van der Waals surface area contributed by atoms with E-state index in [0.29, 0.717) is 6.61 Å². The number of aliphatic hydroxyl groups is 1. The van der Waals surface area contributed by atoms with E-state index in [0.717, 1.165) is 12.3 Å². The van der Waals surface area contributed by atoms with Gasteiger partial charge in [-0.05, 0) is 57.8 Å². The van der Waals surface area contributed by atoms with E-state index in [-0.39, 0.29) is 0 Å². The molecule has 0 bridgehead atoms. The van der Waals surface area contributed by atoms with Crippen LogP contribution in [0.2, 0.25) is 0 Å². The fourth-order valence-electron chi connectivity index (χ4n) is 2.62. The van der Waals surface area contributed by atoms with Crippen LogP contribution in [-0.4, -0.2) is 49.3 Å². The van der Waals surface area contributed by atoms with Crippen LogP contribution >= 0.6 is 0 Å². The van der Waals surface area contributed by atoms with Crippen molar-refractivity contribution in [2.45, 2.75) is 45.4 Å². The standard InChI is InChI=1S/C14H30N2O/c1-2-16(10-5-3-4-6-11-17)13-14-8-7-9-15-12-14/h14-15,17H,2-13H2,1H3. The second kappa shape index (κ2) is 9.86. The molecule has 0 spiro atoms. The molecule has 0 aromatic rings. The van der Waals surface area contributed by atoms with Crippen molar-refractivity contribution < 1.29 is 5.11 Å². The van der Waals surface area contributed by atoms with Crippen molar-refractivity contribution >= 4 is 0 Å². The first-order valence-electron chi connectivity index (χ1n) is 7.40. The van der Waals surface area contributed by atoms with Crippen LogP contribution in [-0.2, 0) is 0 Å². The van der Waals surface area contributed by atoms with Gasteiger partial charge in [-0.1, -0.05) is 19.8 Å². The van der Waals surface area contributed by atoms with Crippen molar-refractivity contribution in [3.05, 3.63) is 0 Å². The van der Waals surface area contributed by atoms with Crippen molar-refractivity contribution in [3.63, 3.8) is 0 Å². The average Bonchev–Trinajstić information content (AvgIpc) is 2.38. The number of unbranched alkanes of at least 4 members (excludes halogenated alkanes) is 3. The third kappa shape index (κ3) is 7.02. The van der Waals surface area contributed by atoms with Gasteiger partial charge in [-0.15, -0.1) is 0 Å². The quantitative estimate of drug-likeness (QED) is 0.606. The minimum atomic E-state index is 0.352. The van der Waals surface area contributed by atoms with E-state index < -0.39 is 0 Å². The maximum absolute atomic E-state index is 8.72. The van der Waals surface area contributed by atoms with Crippen LogP contribution in [0.4, 0.5) is 0 Å². The number of hydrogen-bond donors (Lipinski definition) is 2. The summed E-state index contributed by atoms with van der Waals surface area (Å²) in [5, 5.41) is 12.2. The molecule has 1 heterocycles. The van der Waals surface area contributed by atoms with Gasteiger partial charge >= 0.3 is 0 Å². The van der Waals surface area contributed by atoms with Crippen molar-refractivity contribution in [1.82, 2.24) is 10.2 Å². The summed E-state index contributed by atoms with van der Waals surface area (Å²) in [5.41, 5.74) is 0. The third-order valence-electron chi connectivity index (χ3n) is 3.75. The molecule has 0 aliphatic carbocycles. The second-order valence-electron chi connectivity index (χ2n) is 5.24. The average molecular weight is 242 g/mol. The Morgan fingerprint density at radius 1 is 1.24 bits per heavy atom. The van der Waals surface area contributed by atoms with Crippen LogP contribution < -0.4 is 5.32 Å². The van der Waals surface area contributed by atoms with E-state index >= 15 is 0 Å². The second-order valence-corrected chi connectivity index (χ2v) is 5.24. The van der Waals surface area contributed by atoms with Gasteiger partial charge in [0.25, 0.3) is 0 Å². The van der Waals surface area contributed by atoms with Crippen LogP contribution in [0.3, 0.4) is 0 Å². The van der Waals surface area contributed by atoms with E-state index in [1.807, 2.05) is 0 Å². The smallest absolute Gasteiger partial charge is 0.0431 e. The number of rotatable bonds is 9. The Bertz CT molecular complexity index is 170. The Morgan fingerprint density at radius 3 is 2.71 bits per heavy atom. The monoisotopic (exact) mass is 242 g/mol. The zero-order valence-corrected chi connectivity index (χ0v) is 11.5. The van der Waals surface area contributed by atoms with Gasteiger partial charge in [-0.2, -0.15) is 0 Å². The zero-order valence-electron chi connectivity index (χ0n) is 11.5. The molecule has 1 atom stereocenters. The van der Waals surface area contributed by atoms with Crippen molar-refractivity contribution in [2.75, 3.05) is 39.3 Å². The van der Waals surface area contributed by atoms with Gasteiger partial charge in [0.15, 0.2) is 0 Å². The highest BCUT2D eigenvalue weighted by Crippen LogP contribution is 2.12. The topological polar surface area (TPSA) is 35.5 Å². The molecule has 17 heavy (non-hydrogen) atoms. The van der Waals surface area contributed by atoms with Crippen molar-refractivity contribution in [2.24, 2.45) is 5.92 Å². The van der Waals surface area contributed by atoms with Crippen LogP contribution in [0.15, 0.2) is 0 Å². The van der Waals surface area contributed by atoms with Gasteiger partial charge in [-0.3, -0.25) is 0 Å².